The van der Waals surface area contributed by atoms with Gasteiger partial charge in [0.15, 0.2) is 5.78 Å². The first-order valence-electron chi connectivity index (χ1n) is 15.9. The van der Waals surface area contributed by atoms with Gasteiger partial charge in [0.1, 0.15) is 23.9 Å². The molecule has 0 amide bonds. The minimum absolute atomic E-state index is 0.0146. The molecule has 4 aromatic carbocycles. The van der Waals surface area contributed by atoms with Crippen LogP contribution in [0.15, 0.2) is 146 Å². The van der Waals surface area contributed by atoms with E-state index >= 15 is 0 Å². The predicted molar refractivity (Wildman–Crippen MR) is 200 cm³/mol. The number of ether oxygens (including phenoxy) is 3. The average Bonchev–Trinajstić information content (AvgIpc) is 3.13. The Hall–Kier alpha value is -6.89. The zero-order valence-electron chi connectivity index (χ0n) is 28.6. The number of hydrogen-bond donors (Lipinski definition) is 0. The molecule has 0 aliphatic heterocycles. The summed E-state index contributed by atoms with van der Waals surface area (Å²) in [6.07, 6.45) is 4.72. The van der Waals surface area contributed by atoms with E-state index in [0.717, 1.165) is 33.9 Å². The summed E-state index contributed by atoms with van der Waals surface area (Å²) in [5, 5.41) is 0. The fourth-order valence-electron chi connectivity index (χ4n) is 4.20. The summed E-state index contributed by atoms with van der Waals surface area (Å²) < 4.78 is 16.3. The maximum Gasteiger partial charge on any atom is 0.338 e. The lowest BCUT2D eigenvalue weighted by Gasteiger charge is -2.09. The summed E-state index contributed by atoms with van der Waals surface area (Å²) in [4.78, 5) is 36.4. The Morgan fingerprint density at radius 2 is 1.27 bits per heavy atom. The summed E-state index contributed by atoms with van der Waals surface area (Å²) in [5.41, 5.74) is 6.31. The Bertz CT molecular complexity index is 2140. The molecule has 0 N–H and O–H groups in total. The average molecular weight is 673 g/mol. The van der Waals surface area contributed by atoms with Crippen molar-refractivity contribution >= 4 is 23.8 Å². The van der Waals surface area contributed by atoms with Crippen LogP contribution in [0.4, 0.5) is 0 Å². The van der Waals surface area contributed by atoms with Crippen molar-refractivity contribution in [2.75, 3.05) is 0 Å². The summed E-state index contributed by atoms with van der Waals surface area (Å²) in [6.45, 7) is 18.5. The SMILES string of the molecule is C=CC(=O)Oc1ccc(C#Cc2ccc(C#Cc3ccc(C=CC(=O)Cc4ccc(COC(=C)C(=C)C)cc4)cc3)cc2OC(=O)C(=C)C)cc1. The maximum absolute atomic E-state index is 12.6. The highest BCUT2D eigenvalue weighted by molar-refractivity contribution is 5.95. The van der Waals surface area contributed by atoms with E-state index in [2.05, 4.69) is 50.0 Å². The molecule has 4 aromatic rings. The number of carbonyl (C=O) groups excluding carboxylic acids is 3. The van der Waals surface area contributed by atoms with Crippen LogP contribution in [-0.4, -0.2) is 17.7 Å². The molecule has 0 fully saturated rings. The van der Waals surface area contributed by atoms with Crippen molar-refractivity contribution in [1.82, 2.24) is 0 Å². The molecule has 0 atom stereocenters. The van der Waals surface area contributed by atoms with Crippen molar-refractivity contribution in [3.63, 3.8) is 0 Å². The van der Waals surface area contributed by atoms with Crippen LogP contribution in [0.1, 0.15) is 52.8 Å². The first-order valence-corrected chi connectivity index (χ1v) is 15.9. The van der Waals surface area contributed by atoms with Gasteiger partial charge >= 0.3 is 11.9 Å². The Kier molecular flexibility index (Phi) is 13.1. The number of ketones is 1. The van der Waals surface area contributed by atoms with Gasteiger partial charge < -0.3 is 14.2 Å². The van der Waals surface area contributed by atoms with Crippen LogP contribution in [0.2, 0.25) is 0 Å². The van der Waals surface area contributed by atoms with E-state index in [1.807, 2.05) is 55.5 Å². The van der Waals surface area contributed by atoms with Gasteiger partial charge in [0.25, 0.3) is 0 Å². The quantitative estimate of drug-likeness (QED) is 0.0375. The van der Waals surface area contributed by atoms with Gasteiger partial charge in [-0.05, 0) is 96.8 Å². The zero-order chi connectivity index (χ0) is 36.8. The third-order valence-electron chi connectivity index (χ3n) is 7.13. The van der Waals surface area contributed by atoms with Crippen molar-refractivity contribution in [1.29, 1.82) is 0 Å². The summed E-state index contributed by atoms with van der Waals surface area (Å²) >= 11 is 0. The van der Waals surface area contributed by atoms with Crippen molar-refractivity contribution in [3.8, 4) is 35.2 Å². The highest BCUT2D eigenvalue weighted by Crippen LogP contribution is 2.22. The fraction of sp³-hybridized carbons (Fsp3) is 0.0889. The van der Waals surface area contributed by atoms with E-state index in [1.165, 1.54) is 0 Å². The molecular formula is C45H36O6. The van der Waals surface area contributed by atoms with Crippen molar-refractivity contribution in [2.45, 2.75) is 26.9 Å². The topological polar surface area (TPSA) is 78.9 Å². The Balaban J connectivity index is 1.40. The van der Waals surface area contributed by atoms with Crippen molar-refractivity contribution in [3.05, 3.63) is 185 Å². The largest absolute Gasteiger partial charge is 0.489 e. The second-order valence-electron chi connectivity index (χ2n) is 11.4. The summed E-state index contributed by atoms with van der Waals surface area (Å²) in [5.74, 6) is 12.3. The second-order valence-corrected chi connectivity index (χ2v) is 11.4. The minimum Gasteiger partial charge on any atom is -0.489 e. The smallest absolute Gasteiger partial charge is 0.338 e. The van der Waals surface area contributed by atoms with Crippen LogP contribution in [-0.2, 0) is 32.1 Å². The normalized spacial score (nSPS) is 10.1. The number of benzene rings is 4. The van der Waals surface area contributed by atoms with E-state index in [1.54, 1.807) is 61.5 Å². The van der Waals surface area contributed by atoms with Gasteiger partial charge in [-0.25, -0.2) is 9.59 Å². The first kappa shape index (κ1) is 36.9. The summed E-state index contributed by atoms with van der Waals surface area (Å²) in [7, 11) is 0. The van der Waals surface area contributed by atoms with Crippen LogP contribution in [0.5, 0.6) is 11.5 Å². The van der Waals surface area contributed by atoms with Crippen LogP contribution in [0, 0.1) is 23.7 Å². The summed E-state index contributed by atoms with van der Waals surface area (Å²) in [6, 6.07) is 27.1. The lowest BCUT2D eigenvalue weighted by atomic mass is 10.1. The van der Waals surface area contributed by atoms with Crippen LogP contribution in [0.25, 0.3) is 6.08 Å². The number of allylic oxidation sites excluding steroid dienone is 2. The van der Waals surface area contributed by atoms with Gasteiger partial charge in [-0.3, -0.25) is 4.79 Å². The highest BCUT2D eigenvalue weighted by atomic mass is 16.5. The number of hydrogen-bond acceptors (Lipinski definition) is 6. The molecular weight excluding hydrogens is 636 g/mol. The standard InChI is InChI=1S/C45H36O6/c1-7-44(47)50-42-26-21-36(22-27-42)18-23-40-24-19-38(29-43(40)51-45(48)32(4)5)13-12-34-8-10-35(11-9-34)20-25-41(46)28-37-14-16-39(17-15-37)30-49-33(6)31(2)3/h7-11,14-17,19-22,24-27,29H,1-2,4,6,28,30H2,3,5H3. The van der Waals surface area contributed by atoms with Gasteiger partial charge in [0.2, 0.25) is 0 Å². The molecule has 0 unspecified atom stereocenters. The molecule has 0 radical (unpaired) electrons. The first-order chi connectivity index (χ1) is 24.5. The van der Waals surface area contributed by atoms with Crippen molar-refractivity contribution < 1.29 is 28.6 Å². The molecule has 0 spiro atoms. The number of esters is 2. The predicted octanol–water partition coefficient (Wildman–Crippen LogP) is 8.49. The molecule has 6 nitrogen and oxygen atoms in total. The van der Waals surface area contributed by atoms with E-state index in [9.17, 15) is 14.4 Å². The van der Waals surface area contributed by atoms with Crippen LogP contribution in [0.3, 0.4) is 0 Å². The van der Waals surface area contributed by atoms with Gasteiger partial charge in [0.05, 0.1) is 5.56 Å². The van der Waals surface area contributed by atoms with Gasteiger partial charge in [-0.1, -0.05) is 92.5 Å². The molecule has 0 bridgehead atoms. The lowest BCUT2D eigenvalue weighted by Crippen LogP contribution is -2.09. The van der Waals surface area contributed by atoms with Crippen LogP contribution < -0.4 is 9.47 Å². The van der Waals surface area contributed by atoms with E-state index in [4.69, 9.17) is 14.2 Å². The molecule has 0 aliphatic rings. The Morgan fingerprint density at radius 3 is 1.90 bits per heavy atom. The molecule has 252 valence electrons. The fourth-order valence-corrected chi connectivity index (χ4v) is 4.20. The number of carbonyl (C=O) groups is 3. The maximum atomic E-state index is 12.6. The molecule has 0 aromatic heterocycles. The molecule has 6 heteroatoms. The van der Waals surface area contributed by atoms with Gasteiger partial charge in [-0.2, -0.15) is 0 Å². The van der Waals surface area contributed by atoms with Gasteiger partial charge in [0, 0.05) is 34.8 Å². The third-order valence-corrected chi connectivity index (χ3v) is 7.13. The van der Waals surface area contributed by atoms with Crippen LogP contribution >= 0.6 is 0 Å². The molecule has 0 heterocycles. The lowest BCUT2D eigenvalue weighted by molar-refractivity contribution is -0.130. The molecule has 4 rings (SSSR count). The van der Waals surface area contributed by atoms with E-state index in [0.29, 0.717) is 34.8 Å². The van der Waals surface area contributed by atoms with Crippen molar-refractivity contribution in [2.24, 2.45) is 0 Å². The third kappa shape index (κ3) is 11.9. The molecule has 0 aliphatic carbocycles. The molecule has 0 saturated carbocycles. The zero-order valence-corrected chi connectivity index (χ0v) is 28.6. The number of rotatable bonds is 12. The minimum atomic E-state index is -0.580. The van der Waals surface area contributed by atoms with Gasteiger partial charge in [-0.15, -0.1) is 0 Å². The van der Waals surface area contributed by atoms with E-state index in [-0.39, 0.29) is 23.5 Å². The Morgan fingerprint density at radius 1 is 0.686 bits per heavy atom. The molecule has 51 heavy (non-hydrogen) atoms. The monoisotopic (exact) mass is 672 g/mol. The highest BCUT2D eigenvalue weighted by Gasteiger charge is 2.10. The molecule has 0 saturated heterocycles. The Labute approximate surface area is 299 Å². The second kappa shape index (κ2) is 18.0. The van der Waals surface area contributed by atoms with E-state index < -0.39 is 11.9 Å².